The van der Waals surface area contributed by atoms with Crippen LogP contribution < -0.4 is 9.64 Å². The normalized spacial score (nSPS) is 20.4. The molecule has 2 N–H and O–H groups in total. The number of fused-ring (bicyclic) bond motifs is 2. The molecule has 3 aliphatic rings. The van der Waals surface area contributed by atoms with E-state index in [2.05, 4.69) is 66.3 Å². The minimum absolute atomic E-state index is 0.169. The summed E-state index contributed by atoms with van der Waals surface area (Å²) in [5.41, 5.74) is 6.59. The highest BCUT2D eigenvalue weighted by molar-refractivity contribution is 7.14. The summed E-state index contributed by atoms with van der Waals surface area (Å²) in [6, 6.07) is 12.7. The van der Waals surface area contributed by atoms with Gasteiger partial charge >= 0.3 is 5.97 Å². The van der Waals surface area contributed by atoms with Gasteiger partial charge in [0.05, 0.1) is 18.2 Å². The summed E-state index contributed by atoms with van der Waals surface area (Å²) in [5, 5.41) is 21.8. The number of anilines is 1. The third-order valence-electron chi connectivity index (χ3n) is 8.05. The number of aliphatic hydroxyl groups excluding tert-OH is 1. The lowest BCUT2D eigenvalue weighted by Gasteiger charge is -2.51. The molecule has 6 rings (SSSR count). The van der Waals surface area contributed by atoms with E-state index in [4.69, 9.17) is 9.72 Å². The molecule has 202 valence electrons. The average molecular weight is 536 g/mol. The van der Waals surface area contributed by atoms with Crippen LogP contribution >= 0.6 is 11.3 Å². The van der Waals surface area contributed by atoms with Crippen LogP contribution in [0.25, 0.3) is 11.3 Å². The molecule has 1 saturated carbocycles. The fourth-order valence-electron chi connectivity index (χ4n) is 5.87. The number of piperidine rings is 2. The zero-order chi connectivity index (χ0) is 26.8. The van der Waals surface area contributed by atoms with Crippen LogP contribution in [-0.2, 0) is 17.9 Å². The van der Waals surface area contributed by atoms with Crippen molar-refractivity contribution in [1.29, 1.82) is 0 Å². The summed E-state index contributed by atoms with van der Waals surface area (Å²) in [6.45, 7) is 10.9. The number of aromatic nitrogens is 1. The van der Waals surface area contributed by atoms with Crippen molar-refractivity contribution in [2.24, 2.45) is 17.8 Å². The van der Waals surface area contributed by atoms with Crippen molar-refractivity contribution in [3.8, 4) is 17.0 Å². The Morgan fingerprint density at radius 3 is 2.66 bits per heavy atom. The summed E-state index contributed by atoms with van der Waals surface area (Å²) in [6.07, 6.45) is 1.02. The second-order valence-electron chi connectivity index (χ2n) is 10.7. The van der Waals surface area contributed by atoms with Crippen molar-refractivity contribution in [1.82, 2.24) is 9.88 Å². The number of carboxylic acids is 1. The van der Waals surface area contributed by atoms with Crippen molar-refractivity contribution >= 4 is 22.4 Å². The molecule has 2 aliphatic heterocycles. The topological polar surface area (TPSA) is 86.1 Å². The number of ether oxygens (including phenoxy) is 1. The molecule has 2 unspecified atom stereocenters. The number of likely N-dealkylation sites (N-methyl/N-ethyl adjacent to an activating group) is 1. The van der Waals surface area contributed by atoms with Gasteiger partial charge in [-0.15, -0.1) is 11.3 Å². The SMILES string of the molecule is CCN(CCO)Cc1ccc(COc2ccc(C)cc2-c2csc(N3CC4CC(C3)C4C(=O)O)n2)c(C)c1. The maximum Gasteiger partial charge on any atom is 0.307 e. The largest absolute Gasteiger partial charge is 0.488 e. The first-order chi connectivity index (χ1) is 18.4. The summed E-state index contributed by atoms with van der Waals surface area (Å²) >= 11 is 1.62. The second kappa shape index (κ2) is 11.4. The van der Waals surface area contributed by atoms with Crippen LogP contribution in [0, 0.1) is 31.6 Å². The van der Waals surface area contributed by atoms with Crippen molar-refractivity contribution < 1.29 is 19.7 Å². The lowest BCUT2D eigenvalue weighted by Crippen LogP contribution is -2.57. The van der Waals surface area contributed by atoms with E-state index in [0.29, 0.717) is 13.2 Å². The van der Waals surface area contributed by atoms with Gasteiger partial charge in [0.2, 0.25) is 0 Å². The molecule has 3 heterocycles. The maximum atomic E-state index is 11.5. The highest BCUT2D eigenvalue weighted by Crippen LogP contribution is 2.47. The van der Waals surface area contributed by atoms with Gasteiger partial charge in [-0.05, 0) is 67.5 Å². The van der Waals surface area contributed by atoms with Gasteiger partial charge in [0.1, 0.15) is 12.4 Å². The number of nitrogens with zero attached hydrogens (tertiary/aromatic N) is 3. The standard InChI is InChI=1S/C30H37N3O4S/c1-4-32(9-10-34)14-21-6-7-22(20(3)12-21)17-37-27-8-5-19(2)11-25(27)26-18-38-30(31-26)33-15-23-13-24(16-33)28(23)29(35)36/h5-8,11-12,18,23-24,28,34H,4,9-10,13-17H2,1-3H3,(H,35,36). The Morgan fingerprint density at radius 1 is 1.18 bits per heavy atom. The monoisotopic (exact) mass is 535 g/mol. The zero-order valence-electron chi connectivity index (χ0n) is 22.4. The van der Waals surface area contributed by atoms with Gasteiger partial charge in [-0.2, -0.15) is 0 Å². The van der Waals surface area contributed by atoms with Crippen LogP contribution in [0.1, 0.15) is 35.6 Å². The highest BCUT2D eigenvalue weighted by Gasteiger charge is 2.51. The Morgan fingerprint density at radius 2 is 1.97 bits per heavy atom. The van der Waals surface area contributed by atoms with Crippen LogP contribution in [0.5, 0.6) is 5.75 Å². The highest BCUT2D eigenvalue weighted by atomic mass is 32.1. The van der Waals surface area contributed by atoms with Crippen molar-refractivity contribution in [3.63, 3.8) is 0 Å². The molecule has 2 aromatic carbocycles. The van der Waals surface area contributed by atoms with E-state index in [1.54, 1.807) is 11.3 Å². The zero-order valence-corrected chi connectivity index (χ0v) is 23.2. The fourth-order valence-corrected chi connectivity index (χ4v) is 6.72. The molecule has 2 bridgehead atoms. The molecule has 2 atom stereocenters. The molecule has 3 aromatic rings. The van der Waals surface area contributed by atoms with Crippen LogP contribution in [0.15, 0.2) is 41.8 Å². The number of carboxylic acid groups (broad SMARTS) is 1. The summed E-state index contributed by atoms with van der Waals surface area (Å²) < 4.78 is 6.36. The molecule has 38 heavy (non-hydrogen) atoms. The number of aryl methyl sites for hydroxylation is 2. The third-order valence-corrected chi connectivity index (χ3v) is 8.95. The molecule has 2 saturated heterocycles. The molecule has 0 amide bonds. The van der Waals surface area contributed by atoms with Crippen molar-refractivity contribution in [2.75, 3.05) is 37.7 Å². The van der Waals surface area contributed by atoms with Gasteiger partial charge in [-0.1, -0.05) is 36.8 Å². The number of benzene rings is 2. The molecular weight excluding hydrogens is 498 g/mol. The van der Waals surface area contributed by atoms with Gasteiger partial charge in [-0.3, -0.25) is 9.69 Å². The van der Waals surface area contributed by atoms with Crippen LogP contribution in [0.2, 0.25) is 0 Å². The maximum absolute atomic E-state index is 11.5. The summed E-state index contributed by atoms with van der Waals surface area (Å²) in [5.74, 6) is 0.424. The minimum Gasteiger partial charge on any atom is -0.488 e. The first-order valence-corrected chi connectivity index (χ1v) is 14.3. The first-order valence-electron chi connectivity index (χ1n) is 13.4. The van der Waals surface area contributed by atoms with Crippen molar-refractivity contribution in [3.05, 3.63) is 64.0 Å². The summed E-state index contributed by atoms with van der Waals surface area (Å²) in [4.78, 5) is 21.0. The van der Waals surface area contributed by atoms with Gasteiger partial charge in [0.25, 0.3) is 0 Å². The van der Waals surface area contributed by atoms with Crippen molar-refractivity contribution in [2.45, 2.75) is 40.3 Å². The molecule has 7 nitrogen and oxygen atoms in total. The third kappa shape index (κ3) is 5.58. The van der Waals surface area contributed by atoms with E-state index in [1.165, 1.54) is 11.1 Å². The smallest absolute Gasteiger partial charge is 0.307 e. The number of hydrogen-bond donors (Lipinski definition) is 2. The molecule has 1 aliphatic carbocycles. The lowest BCUT2D eigenvalue weighted by atomic mass is 9.62. The van der Waals surface area contributed by atoms with E-state index in [1.807, 2.05) is 6.07 Å². The Labute approximate surface area is 228 Å². The van der Waals surface area contributed by atoms with Crippen LogP contribution in [0.4, 0.5) is 5.13 Å². The van der Waals surface area contributed by atoms with Gasteiger partial charge in [0, 0.05) is 37.1 Å². The molecule has 0 spiro atoms. The van der Waals surface area contributed by atoms with E-state index >= 15 is 0 Å². The molecule has 3 fully saturated rings. The number of thiazole rings is 1. The fraction of sp³-hybridized carbons (Fsp3) is 0.467. The molecule has 0 radical (unpaired) electrons. The Bertz CT molecular complexity index is 1280. The molecular formula is C30H37N3O4S. The molecule has 8 heteroatoms. The van der Waals surface area contributed by atoms with E-state index in [9.17, 15) is 15.0 Å². The lowest BCUT2D eigenvalue weighted by molar-refractivity contribution is -0.153. The number of aliphatic carboxylic acids is 1. The molecule has 1 aromatic heterocycles. The second-order valence-corrected chi connectivity index (χ2v) is 11.5. The number of rotatable bonds is 11. The Hall–Kier alpha value is -2.94. The predicted molar refractivity (Wildman–Crippen MR) is 151 cm³/mol. The van der Waals surface area contributed by atoms with Crippen LogP contribution in [0.3, 0.4) is 0 Å². The van der Waals surface area contributed by atoms with E-state index in [-0.39, 0.29) is 24.4 Å². The number of carbonyl (C=O) groups is 1. The predicted octanol–water partition coefficient (Wildman–Crippen LogP) is 4.98. The van der Waals surface area contributed by atoms with Gasteiger partial charge < -0.3 is 19.8 Å². The van der Waals surface area contributed by atoms with E-state index < -0.39 is 5.97 Å². The van der Waals surface area contributed by atoms with E-state index in [0.717, 1.165) is 65.9 Å². The number of aliphatic hydroxyl groups is 1. The number of hydrogen-bond acceptors (Lipinski definition) is 7. The van der Waals surface area contributed by atoms with Gasteiger partial charge in [-0.25, -0.2) is 4.98 Å². The van der Waals surface area contributed by atoms with Gasteiger partial charge in [0.15, 0.2) is 5.13 Å². The average Bonchev–Trinajstić information content (AvgIpc) is 3.38. The quantitative estimate of drug-likeness (QED) is 0.358. The minimum atomic E-state index is -0.651. The Kier molecular flexibility index (Phi) is 8.02. The summed E-state index contributed by atoms with van der Waals surface area (Å²) in [7, 11) is 0. The van der Waals surface area contributed by atoms with Crippen LogP contribution in [-0.4, -0.2) is 58.9 Å². The first kappa shape index (κ1) is 26.7. The Balaban J connectivity index is 1.28.